The van der Waals surface area contributed by atoms with Crippen molar-refractivity contribution in [1.29, 1.82) is 0 Å². The van der Waals surface area contributed by atoms with Crippen LogP contribution in [0.3, 0.4) is 0 Å². The monoisotopic (exact) mass is 356 g/mol. The van der Waals surface area contributed by atoms with Gasteiger partial charge in [0.25, 0.3) is 0 Å². The predicted octanol–water partition coefficient (Wildman–Crippen LogP) is 2.81. The quantitative estimate of drug-likeness (QED) is 0.833. The van der Waals surface area contributed by atoms with Crippen molar-refractivity contribution in [2.75, 3.05) is 0 Å². The maximum Gasteiger partial charge on any atom is 0.352 e. The Labute approximate surface area is 139 Å². The number of nitrogens with one attached hydrogen (secondary N) is 1. The second kappa shape index (κ2) is 6.74. The second-order valence-electron chi connectivity index (χ2n) is 5.11. The molecule has 2 rings (SSSR count). The molecule has 0 aliphatic rings. The molecular formula is C15H17ClN2O4S. The van der Waals surface area contributed by atoms with Gasteiger partial charge in [0, 0.05) is 24.3 Å². The highest BCUT2D eigenvalue weighted by Crippen LogP contribution is 2.22. The molecule has 1 aromatic heterocycles. The molecule has 1 aromatic carbocycles. The molecule has 2 N–H and O–H groups in total. The van der Waals surface area contributed by atoms with Crippen LogP contribution in [0, 0.1) is 0 Å². The Morgan fingerprint density at radius 1 is 1.35 bits per heavy atom. The normalized spacial score (nSPS) is 13.0. The molecule has 0 aliphatic carbocycles. The molecule has 23 heavy (non-hydrogen) atoms. The summed E-state index contributed by atoms with van der Waals surface area (Å²) in [5.74, 6) is -1.18. The largest absolute Gasteiger partial charge is 0.477 e. The maximum atomic E-state index is 12.5. The van der Waals surface area contributed by atoms with Gasteiger partial charge in [0.1, 0.15) is 10.6 Å². The van der Waals surface area contributed by atoms with Crippen LogP contribution in [0.5, 0.6) is 0 Å². The minimum Gasteiger partial charge on any atom is -0.477 e. The van der Waals surface area contributed by atoms with Gasteiger partial charge in [-0.25, -0.2) is 17.9 Å². The Balaban J connectivity index is 2.30. The van der Waals surface area contributed by atoms with Crippen molar-refractivity contribution in [2.45, 2.75) is 24.3 Å². The Hall–Kier alpha value is -1.83. The van der Waals surface area contributed by atoms with E-state index < -0.39 is 22.0 Å². The highest BCUT2D eigenvalue weighted by Gasteiger charge is 2.23. The maximum absolute atomic E-state index is 12.5. The first-order valence-electron chi connectivity index (χ1n) is 6.92. The van der Waals surface area contributed by atoms with Crippen molar-refractivity contribution in [3.05, 3.63) is 52.8 Å². The summed E-state index contributed by atoms with van der Waals surface area (Å²) in [6.45, 7) is 1.86. The lowest BCUT2D eigenvalue weighted by atomic mass is 10.1. The number of halogens is 1. The van der Waals surface area contributed by atoms with Crippen molar-refractivity contribution >= 4 is 27.6 Å². The summed E-state index contributed by atoms with van der Waals surface area (Å²) >= 11 is 5.84. The zero-order valence-corrected chi connectivity index (χ0v) is 14.2. The zero-order valence-electron chi connectivity index (χ0n) is 12.7. The van der Waals surface area contributed by atoms with Gasteiger partial charge in [0.15, 0.2) is 0 Å². The van der Waals surface area contributed by atoms with Crippen LogP contribution in [0.25, 0.3) is 0 Å². The predicted molar refractivity (Wildman–Crippen MR) is 87.2 cm³/mol. The van der Waals surface area contributed by atoms with E-state index in [1.807, 2.05) is 6.92 Å². The van der Waals surface area contributed by atoms with E-state index >= 15 is 0 Å². The zero-order chi connectivity index (χ0) is 17.2. The molecule has 0 saturated carbocycles. The summed E-state index contributed by atoms with van der Waals surface area (Å²) in [5, 5.41) is 9.60. The number of rotatable bonds is 6. The van der Waals surface area contributed by atoms with Gasteiger partial charge < -0.3 is 9.67 Å². The van der Waals surface area contributed by atoms with Crippen molar-refractivity contribution in [3.63, 3.8) is 0 Å². The van der Waals surface area contributed by atoms with Crippen LogP contribution in [0.15, 0.2) is 41.4 Å². The average molecular weight is 357 g/mol. The summed E-state index contributed by atoms with van der Waals surface area (Å²) in [5.41, 5.74) is 0.694. The highest BCUT2D eigenvalue weighted by molar-refractivity contribution is 7.89. The number of hydrogen-bond donors (Lipinski definition) is 2. The molecule has 0 amide bonds. The van der Waals surface area contributed by atoms with Crippen molar-refractivity contribution in [3.8, 4) is 0 Å². The topological polar surface area (TPSA) is 88.4 Å². The number of hydrogen-bond acceptors (Lipinski definition) is 3. The molecule has 0 bridgehead atoms. The smallest absolute Gasteiger partial charge is 0.352 e. The number of aromatic nitrogens is 1. The Kier molecular flexibility index (Phi) is 5.13. The van der Waals surface area contributed by atoms with Crippen LogP contribution in [-0.4, -0.2) is 24.1 Å². The third kappa shape index (κ3) is 3.93. The molecule has 8 heteroatoms. The fourth-order valence-corrected chi connectivity index (χ4v) is 3.73. The van der Waals surface area contributed by atoms with Crippen LogP contribution >= 0.6 is 11.6 Å². The van der Waals surface area contributed by atoms with Gasteiger partial charge in [-0.1, -0.05) is 30.7 Å². The first kappa shape index (κ1) is 17.5. The molecule has 0 aliphatic heterocycles. The number of carboxylic acids is 1. The lowest BCUT2D eigenvalue weighted by Crippen LogP contribution is -2.28. The Morgan fingerprint density at radius 3 is 2.43 bits per heavy atom. The lowest BCUT2D eigenvalue weighted by Gasteiger charge is -2.17. The van der Waals surface area contributed by atoms with E-state index in [1.165, 1.54) is 17.8 Å². The number of aryl methyl sites for hydroxylation is 1. The van der Waals surface area contributed by atoms with E-state index in [0.717, 1.165) is 11.6 Å². The number of carbonyl (C=O) groups is 1. The molecule has 0 radical (unpaired) electrons. The van der Waals surface area contributed by atoms with Crippen LogP contribution < -0.4 is 4.72 Å². The molecule has 124 valence electrons. The minimum absolute atomic E-state index is 0.0789. The summed E-state index contributed by atoms with van der Waals surface area (Å²) in [7, 11) is -2.35. The SMILES string of the molecule is CCC(NS(=O)(=O)c1cc(C(=O)O)n(C)c1)c1ccc(Cl)cc1. The van der Waals surface area contributed by atoms with Gasteiger partial charge >= 0.3 is 5.97 Å². The molecule has 0 spiro atoms. The number of benzene rings is 1. The van der Waals surface area contributed by atoms with Gasteiger partial charge in [-0.15, -0.1) is 0 Å². The first-order valence-corrected chi connectivity index (χ1v) is 8.78. The van der Waals surface area contributed by atoms with Gasteiger partial charge in [0.2, 0.25) is 10.0 Å². The van der Waals surface area contributed by atoms with E-state index in [9.17, 15) is 13.2 Å². The van der Waals surface area contributed by atoms with Crippen molar-refractivity contribution in [1.82, 2.24) is 9.29 Å². The number of nitrogens with zero attached hydrogens (tertiary/aromatic N) is 1. The molecular weight excluding hydrogens is 340 g/mol. The van der Waals surface area contributed by atoms with Crippen LogP contribution in [0.2, 0.25) is 5.02 Å². The van der Waals surface area contributed by atoms with Gasteiger partial charge in [-0.3, -0.25) is 0 Å². The lowest BCUT2D eigenvalue weighted by molar-refractivity contribution is 0.0686. The average Bonchev–Trinajstić information content (AvgIpc) is 2.89. The molecule has 1 atom stereocenters. The molecule has 1 unspecified atom stereocenters. The van der Waals surface area contributed by atoms with Gasteiger partial charge in [-0.05, 0) is 30.2 Å². The van der Waals surface area contributed by atoms with Crippen LogP contribution in [0.4, 0.5) is 0 Å². The Morgan fingerprint density at radius 2 is 1.96 bits per heavy atom. The molecule has 6 nitrogen and oxygen atoms in total. The van der Waals surface area contributed by atoms with Crippen molar-refractivity contribution in [2.24, 2.45) is 7.05 Å². The fraction of sp³-hybridized carbons (Fsp3) is 0.267. The summed E-state index contributed by atoms with van der Waals surface area (Å²) in [4.78, 5) is 11.0. The van der Waals surface area contributed by atoms with E-state index in [1.54, 1.807) is 24.3 Å². The van der Waals surface area contributed by atoms with E-state index in [4.69, 9.17) is 16.7 Å². The van der Waals surface area contributed by atoms with Crippen LogP contribution in [0.1, 0.15) is 35.4 Å². The Bertz CT molecular complexity index is 813. The van der Waals surface area contributed by atoms with E-state index in [-0.39, 0.29) is 10.6 Å². The third-order valence-electron chi connectivity index (χ3n) is 3.49. The third-order valence-corrected chi connectivity index (χ3v) is 5.18. The highest BCUT2D eigenvalue weighted by atomic mass is 35.5. The first-order chi connectivity index (χ1) is 10.7. The summed E-state index contributed by atoms with van der Waals surface area (Å²) in [6, 6.07) is 7.61. The molecule has 0 saturated heterocycles. The van der Waals surface area contributed by atoms with E-state index in [2.05, 4.69) is 4.72 Å². The second-order valence-corrected chi connectivity index (χ2v) is 7.26. The number of aromatic carboxylic acids is 1. The standard InChI is InChI=1S/C15H17ClN2O4S/c1-3-13(10-4-6-11(16)7-5-10)17-23(21,22)12-8-14(15(19)20)18(2)9-12/h4-9,13,17H,3H2,1-2H3,(H,19,20). The van der Waals surface area contributed by atoms with Crippen LogP contribution in [-0.2, 0) is 17.1 Å². The fourth-order valence-electron chi connectivity index (χ4n) is 2.23. The minimum atomic E-state index is -3.83. The summed E-state index contributed by atoms with van der Waals surface area (Å²) < 4.78 is 28.8. The number of carboxylic acid groups (broad SMARTS) is 1. The molecule has 1 heterocycles. The summed E-state index contributed by atoms with van der Waals surface area (Å²) in [6.07, 6.45) is 1.82. The molecule has 2 aromatic rings. The molecule has 0 fully saturated rings. The van der Waals surface area contributed by atoms with Gasteiger partial charge in [0.05, 0.1) is 0 Å². The van der Waals surface area contributed by atoms with E-state index in [0.29, 0.717) is 11.4 Å². The van der Waals surface area contributed by atoms with Gasteiger partial charge in [-0.2, -0.15) is 0 Å². The number of sulfonamides is 1. The van der Waals surface area contributed by atoms with Crippen molar-refractivity contribution < 1.29 is 18.3 Å².